The predicted octanol–water partition coefficient (Wildman–Crippen LogP) is 7.66. The Morgan fingerprint density at radius 2 is 1.71 bits per heavy atom. The van der Waals surface area contributed by atoms with Crippen molar-refractivity contribution in [3.05, 3.63) is 75.4 Å². The molecule has 1 aromatic heterocycles. The second-order valence-corrected chi connectivity index (χ2v) is 9.47. The quantitative estimate of drug-likeness (QED) is 0.309. The Hall–Kier alpha value is -2.17. The monoisotopic (exact) mass is 544 g/mol. The zero-order chi connectivity index (χ0) is 24.3. The Morgan fingerprint density at radius 1 is 0.941 bits per heavy atom. The van der Waals surface area contributed by atoms with Gasteiger partial charge in [0.05, 0.1) is 11.1 Å². The van der Waals surface area contributed by atoms with E-state index in [-0.39, 0.29) is 17.0 Å². The summed E-state index contributed by atoms with van der Waals surface area (Å²) in [4.78, 5) is 5.52. The standard InChI is InChI=1S/C24H19BrF6N2O/c25-14-6-3-5-13(11-14)22-33-10-2-1-9-18(33)21(34-22)16-12-19(24(29,30)31)32-20-15(16)7-4-8-17(20)23(26,27)28/h3-8,11-12,18,21-22H,1-2,9-10H2/t18-,21+,22?/m1/s1. The summed E-state index contributed by atoms with van der Waals surface area (Å²) >= 11 is 3.43. The molecule has 2 saturated heterocycles. The Labute approximate surface area is 199 Å². The van der Waals surface area contributed by atoms with E-state index >= 15 is 0 Å². The molecule has 0 amide bonds. The molecule has 2 aliphatic rings. The molecule has 1 unspecified atom stereocenters. The molecule has 3 nitrogen and oxygen atoms in total. The maximum atomic E-state index is 13.7. The third-order valence-corrected chi connectivity index (χ3v) is 6.92. The lowest BCUT2D eigenvalue weighted by Crippen LogP contribution is -2.38. The molecule has 34 heavy (non-hydrogen) atoms. The van der Waals surface area contributed by atoms with Crippen molar-refractivity contribution in [1.82, 2.24) is 9.88 Å². The minimum atomic E-state index is -4.91. The van der Waals surface area contributed by atoms with E-state index in [1.165, 1.54) is 12.1 Å². The lowest BCUT2D eigenvalue weighted by atomic mass is 9.91. The highest BCUT2D eigenvalue weighted by atomic mass is 79.9. The molecular formula is C24H19BrF6N2O. The fraction of sp³-hybridized carbons (Fsp3) is 0.375. The molecule has 180 valence electrons. The Bertz CT molecular complexity index is 1230. The van der Waals surface area contributed by atoms with Gasteiger partial charge in [-0.15, -0.1) is 0 Å². The Kier molecular flexibility index (Phi) is 5.89. The summed E-state index contributed by atoms with van der Waals surface area (Å²) in [6.07, 6.45) is -8.68. The molecule has 3 atom stereocenters. The third-order valence-electron chi connectivity index (χ3n) is 6.43. The van der Waals surface area contributed by atoms with Crippen LogP contribution in [-0.4, -0.2) is 22.5 Å². The van der Waals surface area contributed by atoms with Gasteiger partial charge < -0.3 is 4.74 Å². The molecule has 5 rings (SSSR count). The Morgan fingerprint density at radius 3 is 2.41 bits per heavy atom. The molecule has 10 heteroatoms. The zero-order valence-electron chi connectivity index (χ0n) is 17.6. The van der Waals surface area contributed by atoms with Gasteiger partial charge in [0, 0.05) is 22.4 Å². The van der Waals surface area contributed by atoms with E-state index < -0.39 is 41.5 Å². The number of halogens is 7. The van der Waals surface area contributed by atoms with E-state index in [1.807, 2.05) is 24.3 Å². The van der Waals surface area contributed by atoms with E-state index in [0.29, 0.717) is 13.0 Å². The van der Waals surface area contributed by atoms with Crippen LogP contribution in [0.2, 0.25) is 0 Å². The molecule has 0 aliphatic carbocycles. The minimum Gasteiger partial charge on any atom is -0.349 e. The molecule has 2 aliphatic heterocycles. The average Bonchev–Trinajstić information content (AvgIpc) is 3.16. The Balaban J connectivity index is 1.70. The fourth-order valence-electron chi connectivity index (χ4n) is 5.00. The van der Waals surface area contributed by atoms with Gasteiger partial charge in [0.2, 0.25) is 0 Å². The maximum absolute atomic E-state index is 13.7. The minimum absolute atomic E-state index is 0.0215. The van der Waals surface area contributed by atoms with Gasteiger partial charge in [0.1, 0.15) is 18.0 Å². The van der Waals surface area contributed by atoms with Crippen molar-refractivity contribution < 1.29 is 31.1 Å². The molecule has 0 bridgehead atoms. The molecule has 0 spiro atoms. The lowest BCUT2D eigenvalue weighted by molar-refractivity contribution is -0.142. The van der Waals surface area contributed by atoms with Crippen LogP contribution in [0.5, 0.6) is 0 Å². The van der Waals surface area contributed by atoms with Crippen molar-refractivity contribution in [2.45, 2.75) is 50.0 Å². The molecule has 0 radical (unpaired) electrons. The van der Waals surface area contributed by atoms with Crippen molar-refractivity contribution in [2.24, 2.45) is 0 Å². The van der Waals surface area contributed by atoms with Gasteiger partial charge in [-0.05, 0) is 48.2 Å². The number of ether oxygens (including phenoxy) is 1. The van der Waals surface area contributed by atoms with Gasteiger partial charge in [0.15, 0.2) is 0 Å². The van der Waals surface area contributed by atoms with Gasteiger partial charge in [0.25, 0.3) is 0 Å². The fourth-order valence-corrected chi connectivity index (χ4v) is 5.42. The number of hydrogen-bond acceptors (Lipinski definition) is 3. The van der Waals surface area contributed by atoms with Crippen LogP contribution in [0.3, 0.4) is 0 Å². The van der Waals surface area contributed by atoms with Crippen LogP contribution in [0.25, 0.3) is 10.9 Å². The van der Waals surface area contributed by atoms with Crippen molar-refractivity contribution >= 4 is 26.8 Å². The second-order valence-electron chi connectivity index (χ2n) is 8.56. The van der Waals surface area contributed by atoms with Crippen LogP contribution < -0.4 is 0 Å². The highest BCUT2D eigenvalue weighted by molar-refractivity contribution is 9.10. The highest BCUT2D eigenvalue weighted by Crippen LogP contribution is 2.49. The zero-order valence-corrected chi connectivity index (χ0v) is 19.2. The average molecular weight is 545 g/mol. The van der Waals surface area contributed by atoms with Gasteiger partial charge in [-0.2, -0.15) is 26.3 Å². The summed E-state index contributed by atoms with van der Waals surface area (Å²) in [5.41, 5.74) is -2.35. The topological polar surface area (TPSA) is 25.4 Å². The van der Waals surface area contributed by atoms with Crippen LogP contribution in [0.15, 0.2) is 53.0 Å². The summed E-state index contributed by atoms with van der Waals surface area (Å²) < 4.78 is 89.4. The summed E-state index contributed by atoms with van der Waals surface area (Å²) in [5, 5.41) is 0.0215. The normalized spacial score (nSPS) is 23.9. The number of rotatable bonds is 2. The molecule has 0 saturated carbocycles. The molecule has 3 heterocycles. The number of para-hydroxylation sites is 1. The lowest BCUT2D eigenvalue weighted by Gasteiger charge is -2.33. The second kappa shape index (κ2) is 8.49. The van der Waals surface area contributed by atoms with Crippen molar-refractivity contribution in [2.75, 3.05) is 6.54 Å². The number of pyridine rings is 1. The number of benzene rings is 2. The van der Waals surface area contributed by atoms with Crippen LogP contribution >= 0.6 is 15.9 Å². The van der Waals surface area contributed by atoms with Gasteiger partial charge >= 0.3 is 12.4 Å². The van der Waals surface area contributed by atoms with E-state index in [2.05, 4.69) is 25.8 Å². The predicted molar refractivity (Wildman–Crippen MR) is 117 cm³/mol. The number of piperidine rings is 1. The van der Waals surface area contributed by atoms with Crippen molar-refractivity contribution in [3.63, 3.8) is 0 Å². The smallest absolute Gasteiger partial charge is 0.349 e. The summed E-state index contributed by atoms with van der Waals surface area (Å²) in [6, 6.07) is 11.4. The van der Waals surface area contributed by atoms with E-state index in [1.54, 1.807) is 0 Å². The van der Waals surface area contributed by atoms with Gasteiger partial charge in [-0.1, -0.05) is 46.6 Å². The molecule has 0 N–H and O–H groups in total. The van der Waals surface area contributed by atoms with Gasteiger partial charge in [-0.25, -0.2) is 4.98 Å². The highest BCUT2D eigenvalue weighted by Gasteiger charge is 2.46. The van der Waals surface area contributed by atoms with E-state index in [0.717, 1.165) is 35.0 Å². The number of aromatic nitrogens is 1. The molecule has 3 aromatic rings. The SMILES string of the molecule is FC(F)(F)c1cc([C@@H]2OC(c3cccc(Br)c3)N3CCCC[C@H]23)c2cccc(C(F)(F)F)c2n1. The van der Waals surface area contributed by atoms with Gasteiger partial charge in [-0.3, -0.25) is 4.90 Å². The maximum Gasteiger partial charge on any atom is 0.433 e. The van der Waals surface area contributed by atoms with Crippen LogP contribution in [0.1, 0.15) is 54.0 Å². The number of nitrogens with zero attached hydrogens (tertiary/aromatic N) is 2. The first-order valence-electron chi connectivity index (χ1n) is 10.8. The summed E-state index contributed by atoms with van der Waals surface area (Å²) in [5.74, 6) is 0. The van der Waals surface area contributed by atoms with Crippen LogP contribution in [-0.2, 0) is 17.1 Å². The first kappa shape index (κ1) is 23.6. The first-order valence-corrected chi connectivity index (χ1v) is 11.6. The molecule has 2 fully saturated rings. The van der Waals surface area contributed by atoms with Crippen LogP contribution in [0.4, 0.5) is 26.3 Å². The number of hydrogen-bond donors (Lipinski definition) is 0. The third kappa shape index (κ3) is 4.20. The summed E-state index contributed by atoms with van der Waals surface area (Å²) in [7, 11) is 0. The summed E-state index contributed by atoms with van der Waals surface area (Å²) in [6.45, 7) is 0.682. The largest absolute Gasteiger partial charge is 0.433 e. The molecule has 2 aromatic carbocycles. The van der Waals surface area contributed by atoms with E-state index in [4.69, 9.17) is 4.74 Å². The van der Waals surface area contributed by atoms with Crippen molar-refractivity contribution in [1.29, 1.82) is 0 Å². The number of fused-ring (bicyclic) bond motifs is 2. The first-order chi connectivity index (χ1) is 16.0. The van der Waals surface area contributed by atoms with Crippen LogP contribution in [0, 0.1) is 0 Å². The molecular weight excluding hydrogens is 526 g/mol. The van der Waals surface area contributed by atoms with Crippen molar-refractivity contribution in [3.8, 4) is 0 Å². The van der Waals surface area contributed by atoms with E-state index in [9.17, 15) is 26.3 Å². The number of alkyl halides is 6.